The number of amides is 1. The number of anilines is 2. The summed E-state index contributed by atoms with van der Waals surface area (Å²) in [5.41, 5.74) is 4.24. The molecule has 0 saturated heterocycles. The quantitative estimate of drug-likeness (QED) is 0.385. The fourth-order valence-corrected chi connectivity index (χ4v) is 4.55. The Kier molecular flexibility index (Phi) is 6.42. The van der Waals surface area contributed by atoms with Crippen LogP contribution in [0.15, 0.2) is 71.0 Å². The Bertz CT molecular complexity index is 1110. The number of thioether (sulfide) groups is 1. The van der Waals surface area contributed by atoms with Gasteiger partial charge in [0.1, 0.15) is 6.04 Å². The summed E-state index contributed by atoms with van der Waals surface area (Å²) in [5, 5.41) is 11.9. The Morgan fingerprint density at radius 2 is 1.87 bits per heavy atom. The second kappa shape index (κ2) is 9.39. The molecule has 2 heterocycles. The normalized spacial score (nSPS) is 15.4. The zero-order chi connectivity index (χ0) is 21.8. The minimum Gasteiger partial charge on any atom is -0.328 e. The summed E-state index contributed by atoms with van der Waals surface area (Å²) in [5.74, 6) is 1.50. The SMILES string of the molecule is CCCCSc1nc2n(n1)C(c1ccccc1)C(C(=O)Nc1ccccc1C)=C(C)N2. The molecule has 1 unspecified atom stereocenters. The van der Waals surface area contributed by atoms with Gasteiger partial charge in [-0.25, -0.2) is 4.68 Å². The van der Waals surface area contributed by atoms with E-state index in [0.29, 0.717) is 11.5 Å². The number of para-hydroxylation sites is 1. The Hall–Kier alpha value is -3.06. The number of aryl methyl sites for hydroxylation is 1. The van der Waals surface area contributed by atoms with Crippen molar-refractivity contribution in [1.29, 1.82) is 0 Å². The Morgan fingerprint density at radius 1 is 1.13 bits per heavy atom. The zero-order valence-corrected chi connectivity index (χ0v) is 18.9. The molecule has 0 fully saturated rings. The van der Waals surface area contributed by atoms with Gasteiger partial charge in [-0.1, -0.05) is 73.6 Å². The Morgan fingerprint density at radius 3 is 2.61 bits per heavy atom. The number of nitrogens with one attached hydrogen (secondary N) is 2. The number of hydrogen-bond acceptors (Lipinski definition) is 5. The summed E-state index contributed by atoms with van der Waals surface area (Å²) in [6, 6.07) is 17.4. The van der Waals surface area contributed by atoms with Crippen molar-refractivity contribution in [2.75, 3.05) is 16.4 Å². The molecule has 7 heteroatoms. The zero-order valence-electron chi connectivity index (χ0n) is 18.1. The molecule has 1 aliphatic rings. The molecule has 0 bridgehead atoms. The highest BCUT2D eigenvalue weighted by Gasteiger charge is 2.34. The third-order valence-electron chi connectivity index (χ3n) is 5.32. The van der Waals surface area contributed by atoms with Gasteiger partial charge in [0, 0.05) is 17.1 Å². The first-order chi connectivity index (χ1) is 15.1. The molecule has 0 saturated carbocycles. The highest BCUT2D eigenvalue weighted by atomic mass is 32.2. The second-order valence-corrected chi connectivity index (χ2v) is 8.67. The maximum atomic E-state index is 13.5. The van der Waals surface area contributed by atoms with Gasteiger partial charge >= 0.3 is 0 Å². The molecule has 1 aromatic heterocycles. The van der Waals surface area contributed by atoms with Gasteiger partial charge in [0.15, 0.2) is 0 Å². The highest BCUT2D eigenvalue weighted by Crippen LogP contribution is 2.36. The lowest BCUT2D eigenvalue weighted by Gasteiger charge is -2.28. The van der Waals surface area contributed by atoms with E-state index in [4.69, 9.17) is 5.10 Å². The van der Waals surface area contributed by atoms with Crippen molar-refractivity contribution >= 4 is 29.3 Å². The second-order valence-electron chi connectivity index (χ2n) is 7.61. The number of allylic oxidation sites excluding steroid dienone is 1. The molecule has 160 valence electrons. The standard InChI is InChI=1S/C24H27N5OS/c1-4-5-15-31-24-27-23-25-17(3)20(22(30)26-19-14-10-9-11-16(19)2)21(29(23)28-24)18-12-7-6-8-13-18/h6-14,21H,4-5,15H2,1-3H3,(H,26,30)(H,25,27,28). The van der Waals surface area contributed by atoms with Crippen LogP contribution in [0.4, 0.5) is 11.6 Å². The molecule has 6 nitrogen and oxygen atoms in total. The van der Waals surface area contributed by atoms with Gasteiger partial charge in [0.05, 0.1) is 5.57 Å². The topological polar surface area (TPSA) is 71.8 Å². The minimum absolute atomic E-state index is 0.144. The van der Waals surface area contributed by atoms with Crippen molar-refractivity contribution in [2.45, 2.75) is 44.8 Å². The minimum atomic E-state index is -0.352. The number of aromatic nitrogens is 3. The van der Waals surface area contributed by atoms with Crippen LogP contribution in [-0.4, -0.2) is 26.4 Å². The van der Waals surface area contributed by atoms with Gasteiger partial charge in [-0.2, -0.15) is 4.98 Å². The van der Waals surface area contributed by atoms with Crippen molar-refractivity contribution in [2.24, 2.45) is 0 Å². The van der Waals surface area contributed by atoms with Crippen molar-refractivity contribution in [3.05, 3.63) is 77.0 Å². The van der Waals surface area contributed by atoms with E-state index in [2.05, 4.69) is 22.5 Å². The van der Waals surface area contributed by atoms with Crippen LogP contribution in [0.3, 0.4) is 0 Å². The van der Waals surface area contributed by atoms with Crippen LogP contribution in [0.25, 0.3) is 0 Å². The van der Waals surface area contributed by atoms with Crippen LogP contribution < -0.4 is 10.6 Å². The van der Waals surface area contributed by atoms with Gasteiger partial charge in [-0.05, 0) is 37.5 Å². The molecule has 4 rings (SSSR count). The van der Waals surface area contributed by atoms with E-state index >= 15 is 0 Å². The van der Waals surface area contributed by atoms with Gasteiger partial charge in [-0.15, -0.1) is 5.10 Å². The fraction of sp³-hybridized carbons (Fsp3) is 0.292. The monoisotopic (exact) mass is 433 g/mol. The number of hydrogen-bond donors (Lipinski definition) is 2. The maximum absolute atomic E-state index is 13.5. The first kappa shape index (κ1) is 21.2. The van der Waals surface area contributed by atoms with E-state index < -0.39 is 0 Å². The Labute approximate surface area is 187 Å². The Balaban J connectivity index is 1.72. The molecule has 0 aliphatic carbocycles. The molecule has 1 aliphatic heterocycles. The van der Waals surface area contributed by atoms with Crippen molar-refractivity contribution < 1.29 is 4.79 Å². The van der Waals surface area contributed by atoms with Crippen LogP contribution in [0.5, 0.6) is 0 Å². The van der Waals surface area contributed by atoms with Crippen LogP contribution >= 0.6 is 11.8 Å². The number of unbranched alkanes of at least 4 members (excludes halogenated alkanes) is 1. The molecular formula is C24H27N5OS. The lowest BCUT2D eigenvalue weighted by molar-refractivity contribution is -0.113. The summed E-state index contributed by atoms with van der Waals surface area (Å²) in [6.07, 6.45) is 2.25. The summed E-state index contributed by atoms with van der Waals surface area (Å²) < 4.78 is 1.84. The van der Waals surface area contributed by atoms with Gasteiger partial charge in [0.25, 0.3) is 5.91 Å². The summed E-state index contributed by atoms with van der Waals surface area (Å²) >= 11 is 1.65. The van der Waals surface area contributed by atoms with E-state index in [-0.39, 0.29) is 11.9 Å². The van der Waals surface area contributed by atoms with Crippen LogP contribution in [0, 0.1) is 6.92 Å². The van der Waals surface area contributed by atoms with E-state index in [1.807, 2.05) is 73.1 Å². The molecule has 1 atom stereocenters. The molecule has 31 heavy (non-hydrogen) atoms. The average molecular weight is 434 g/mol. The molecule has 1 amide bonds. The van der Waals surface area contributed by atoms with Crippen molar-refractivity contribution in [1.82, 2.24) is 14.8 Å². The summed E-state index contributed by atoms with van der Waals surface area (Å²) in [6.45, 7) is 6.08. The number of rotatable bonds is 7. The number of benzene rings is 2. The lowest BCUT2D eigenvalue weighted by atomic mass is 9.95. The summed E-state index contributed by atoms with van der Waals surface area (Å²) in [4.78, 5) is 18.1. The average Bonchev–Trinajstić information content (AvgIpc) is 3.17. The lowest BCUT2D eigenvalue weighted by Crippen LogP contribution is -2.31. The van der Waals surface area contributed by atoms with Gasteiger partial charge < -0.3 is 10.6 Å². The first-order valence-electron chi connectivity index (χ1n) is 10.6. The number of fused-ring (bicyclic) bond motifs is 1. The summed E-state index contributed by atoms with van der Waals surface area (Å²) in [7, 11) is 0. The third kappa shape index (κ3) is 4.51. The molecule has 0 radical (unpaired) electrons. The molecule has 3 aromatic rings. The third-order valence-corrected chi connectivity index (χ3v) is 6.24. The molecule has 2 aromatic carbocycles. The molecular weight excluding hydrogens is 406 g/mol. The van der Waals surface area contributed by atoms with Gasteiger partial charge in [0.2, 0.25) is 11.1 Å². The smallest absolute Gasteiger partial charge is 0.255 e. The highest BCUT2D eigenvalue weighted by molar-refractivity contribution is 7.99. The molecule has 2 N–H and O–H groups in total. The van der Waals surface area contributed by atoms with Crippen molar-refractivity contribution in [3.8, 4) is 0 Å². The van der Waals surface area contributed by atoms with Gasteiger partial charge in [-0.3, -0.25) is 4.79 Å². The largest absolute Gasteiger partial charge is 0.328 e. The van der Waals surface area contributed by atoms with E-state index in [1.165, 1.54) is 0 Å². The number of carbonyl (C=O) groups is 1. The molecule has 0 spiro atoms. The number of carbonyl (C=O) groups excluding carboxylic acids is 1. The van der Waals surface area contributed by atoms with Crippen LogP contribution in [0.1, 0.15) is 43.9 Å². The van der Waals surface area contributed by atoms with Crippen LogP contribution in [-0.2, 0) is 4.79 Å². The fourth-order valence-electron chi connectivity index (χ4n) is 3.64. The predicted molar refractivity (Wildman–Crippen MR) is 126 cm³/mol. The van der Waals surface area contributed by atoms with Crippen LogP contribution in [0.2, 0.25) is 0 Å². The van der Waals surface area contributed by atoms with Crippen molar-refractivity contribution in [3.63, 3.8) is 0 Å². The van der Waals surface area contributed by atoms with E-state index in [9.17, 15) is 4.79 Å². The predicted octanol–water partition coefficient (Wildman–Crippen LogP) is 5.41. The number of nitrogens with zero attached hydrogens (tertiary/aromatic N) is 3. The maximum Gasteiger partial charge on any atom is 0.255 e. The first-order valence-corrected chi connectivity index (χ1v) is 11.6. The van der Waals surface area contributed by atoms with E-state index in [0.717, 1.165) is 46.3 Å². The van der Waals surface area contributed by atoms with E-state index in [1.54, 1.807) is 11.8 Å².